The molecular formula is C27H35N5O. The van der Waals surface area contributed by atoms with Crippen LogP contribution >= 0.6 is 0 Å². The number of benzene rings is 1. The Labute approximate surface area is 196 Å². The predicted octanol–water partition coefficient (Wildman–Crippen LogP) is 4.82. The Kier molecular flexibility index (Phi) is 6.56. The molecular weight excluding hydrogens is 410 g/mol. The average Bonchev–Trinajstić information content (AvgIpc) is 2.84. The SMILES string of the molecule is CO[C@H]1CN(c2nc3ccc(C)cc3cc2-c2ccc(C)nn2)CC[C@H]1NC1CCCCC1. The van der Waals surface area contributed by atoms with Crippen molar-refractivity contribution in [3.8, 4) is 11.3 Å². The molecule has 2 atom stereocenters. The molecule has 0 radical (unpaired) electrons. The van der Waals surface area contributed by atoms with E-state index in [9.17, 15) is 0 Å². The first-order valence-electron chi connectivity index (χ1n) is 12.4. The van der Waals surface area contributed by atoms with Crippen LogP contribution in [0.15, 0.2) is 36.4 Å². The van der Waals surface area contributed by atoms with Gasteiger partial charge in [-0.15, -0.1) is 0 Å². The van der Waals surface area contributed by atoms with Crippen LogP contribution in [-0.4, -0.2) is 53.6 Å². The highest BCUT2D eigenvalue weighted by Gasteiger charge is 2.33. The quantitative estimate of drug-likeness (QED) is 0.607. The molecule has 2 aliphatic rings. The number of aromatic nitrogens is 3. The zero-order valence-electron chi connectivity index (χ0n) is 20.1. The van der Waals surface area contributed by atoms with Gasteiger partial charge in [-0.3, -0.25) is 0 Å². The average molecular weight is 446 g/mol. The Hall–Kier alpha value is -2.57. The van der Waals surface area contributed by atoms with E-state index in [0.717, 1.165) is 53.2 Å². The fourth-order valence-corrected chi connectivity index (χ4v) is 5.37. The van der Waals surface area contributed by atoms with E-state index in [2.05, 4.69) is 57.7 Å². The van der Waals surface area contributed by atoms with Gasteiger partial charge in [0.25, 0.3) is 0 Å². The molecule has 1 saturated carbocycles. The van der Waals surface area contributed by atoms with Crippen LogP contribution in [-0.2, 0) is 4.74 Å². The summed E-state index contributed by atoms with van der Waals surface area (Å²) in [6.07, 6.45) is 7.82. The van der Waals surface area contributed by atoms with E-state index >= 15 is 0 Å². The molecule has 174 valence electrons. The van der Waals surface area contributed by atoms with E-state index in [1.54, 1.807) is 0 Å². The van der Waals surface area contributed by atoms with Gasteiger partial charge in [-0.1, -0.05) is 30.9 Å². The van der Waals surface area contributed by atoms with Crippen LogP contribution < -0.4 is 10.2 Å². The Balaban J connectivity index is 1.46. The maximum Gasteiger partial charge on any atom is 0.138 e. The van der Waals surface area contributed by atoms with Gasteiger partial charge in [-0.05, 0) is 63.4 Å². The van der Waals surface area contributed by atoms with Crippen molar-refractivity contribution in [3.05, 3.63) is 47.7 Å². The number of pyridine rings is 1. The van der Waals surface area contributed by atoms with Crippen molar-refractivity contribution in [2.45, 2.75) is 70.6 Å². The van der Waals surface area contributed by atoms with Crippen molar-refractivity contribution < 1.29 is 4.74 Å². The standard InChI is InChI=1S/C27H35N5O/c1-18-9-11-23-20(15-18)16-22(24-12-10-19(2)30-31-24)27(29-23)32-14-13-25(26(17-32)33-3)28-21-7-5-4-6-8-21/h9-12,15-16,21,25-26,28H,4-8,13-14,17H2,1-3H3/t25-,26+/m1/s1. The molecule has 1 saturated heterocycles. The molecule has 2 aromatic heterocycles. The van der Waals surface area contributed by atoms with E-state index in [1.165, 1.54) is 37.7 Å². The van der Waals surface area contributed by atoms with Crippen LogP contribution in [0.1, 0.15) is 49.8 Å². The first kappa shape index (κ1) is 22.2. The van der Waals surface area contributed by atoms with E-state index in [0.29, 0.717) is 12.1 Å². The van der Waals surface area contributed by atoms with Crippen molar-refractivity contribution in [2.24, 2.45) is 0 Å². The van der Waals surface area contributed by atoms with Gasteiger partial charge in [-0.2, -0.15) is 10.2 Å². The minimum absolute atomic E-state index is 0.133. The van der Waals surface area contributed by atoms with Gasteiger partial charge < -0.3 is 15.0 Å². The molecule has 1 aliphatic heterocycles. The topological polar surface area (TPSA) is 63.2 Å². The molecule has 0 amide bonds. The lowest BCUT2D eigenvalue weighted by Gasteiger charge is -2.41. The highest BCUT2D eigenvalue weighted by atomic mass is 16.5. The van der Waals surface area contributed by atoms with E-state index in [1.807, 2.05) is 20.1 Å². The van der Waals surface area contributed by atoms with Gasteiger partial charge in [0.15, 0.2) is 0 Å². The first-order valence-corrected chi connectivity index (χ1v) is 12.4. The first-order chi connectivity index (χ1) is 16.1. The molecule has 1 aromatic carbocycles. The lowest BCUT2D eigenvalue weighted by Crippen LogP contribution is -2.56. The Morgan fingerprint density at radius 1 is 0.970 bits per heavy atom. The number of ether oxygens (including phenoxy) is 1. The molecule has 1 N–H and O–H groups in total. The van der Waals surface area contributed by atoms with E-state index < -0.39 is 0 Å². The molecule has 0 bridgehead atoms. The molecule has 6 heteroatoms. The minimum Gasteiger partial charge on any atom is -0.378 e. The molecule has 2 fully saturated rings. The Morgan fingerprint density at radius 3 is 2.58 bits per heavy atom. The maximum atomic E-state index is 6.00. The second-order valence-corrected chi connectivity index (χ2v) is 9.73. The fourth-order valence-electron chi connectivity index (χ4n) is 5.37. The Bertz CT molecular complexity index is 1090. The zero-order valence-corrected chi connectivity index (χ0v) is 20.1. The molecule has 3 aromatic rings. The third-order valence-electron chi connectivity index (χ3n) is 7.24. The summed E-state index contributed by atoms with van der Waals surface area (Å²) >= 11 is 0. The summed E-state index contributed by atoms with van der Waals surface area (Å²) in [5.74, 6) is 0.975. The van der Waals surface area contributed by atoms with Crippen LogP contribution in [0.4, 0.5) is 5.82 Å². The van der Waals surface area contributed by atoms with Crippen LogP contribution in [0.5, 0.6) is 0 Å². The molecule has 6 nitrogen and oxygen atoms in total. The maximum absolute atomic E-state index is 6.00. The predicted molar refractivity (Wildman–Crippen MR) is 134 cm³/mol. The van der Waals surface area contributed by atoms with Crippen LogP contribution in [0.3, 0.4) is 0 Å². The fraction of sp³-hybridized carbons (Fsp3) is 0.519. The third-order valence-corrected chi connectivity index (χ3v) is 7.24. The van der Waals surface area contributed by atoms with Crippen molar-refractivity contribution in [1.82, 2.24) is 20.5 Å². The lowest BCUT2D eigenvalue weighted by atomic mass is 9.92. The van der Waals surface area contributed by atoms with E-state index in [-0.39, 0.29) is 6.10 Å². The summed E-state index contributed by atoms with van der Waals surface area (Å²) in [4.78, 5) is 7.51. The second kappa shape index (κ2) is 9.74. The normalized spacial score (nSPS) is 22.1. The van der Waals surface area contributed by atoms with Gasteiger partial charge in [0.05, 0.1) is 23.0 Å². The summed E-state index contributed by atoms with van der Waals surface area (Å²) in [5.41, 5.74) is 5.05. The van der Waals surface area contributed by atoms with Gasteiger partial charge in [0.2, 0.25) is 0 Å². The van der Waals surface area contributed by atoms with Crippen molar-refractivity contribution in [3.63, 3.8) is 0 Å². The molecule has 1 aliphatic carbocycles. The highest BCUT2D eigenvalue weighted by Crippen LogP contribution is 2.34. The van der Waals surface area contributed by atoms with Gasteiger partial charge in [0, 0.05) is 43.2 Å². The number of methoxy groups -OCH3 is 1. The third kappa shape index (κ3) is 4.87. The summed E-state index contributed by atoms with van der Waals surface area (Å²) in [6, 6.07) is 13.7. The van der Waals surface area contributed by atoms with Crippen LogP contribution in [0.2, 0.25) is 0 Å². The van der Waals surface area contributed by atoms with Gasteiger partial charge in [-0.25, -0.2) is 4.98 Å². The molecule has 3 heterocycles. The summed E-state index contributed by atoms with van der Waals surface area (Å²) in [6.45, 7) is 5.84. The Morgan fingerprint density at radius 2 is 1.82 bits per heavy atom. The number of hydrogen-bond acceptors (Lipinski definition) is 6. The monoisotopic (exact) mass is 445 g/mol. The number of nitrogens with zero attached hydrogens (tertiary/aromatic N) is 4. The number of rotatable bonds is 5. The number of anilines is 1. The number of fused-ring (bicyclic) bond motifs is 1. The molecule has 0 spiro atoms. The smallest absolute Gasteiger partial charge is 0.138 e. The summed E-state index contributed by atoms with van der Waals surface area (Å²) in [5, 5.41) is 13.9. The van der Waals surface area contributed by atoms with Gasteiger partial charge >= 0.3 is 0 Å². The van der Waals surface area contributed by atoms with Crippen LogP contribution in [0, 0.1) is 13.8 Å². The summed E-state index contributed by atoms with van der Waals surface area (Å²) in [7, 11) is 1.84. The number of hydrogen-bond donors (Lipinski definition) is 1. The molecule has 33 heavy (non-hydrogen) atoms. The number of piperidine rings is 1. The summed E-state index contributed by atoms with van der Waals surface area (Å²) < 4.78 is 6.00. The number of nitrogens with one attached hydrogen (secondary N) is 1. The van der Waals surface area contributed by atoms with Crippen LogP contribution in [0.25, 0.3) is 22.2 Å². The molecule has 5 rings (SSSR count). The van der Waals surface area contributed by atoms with E-state index in [4.69, 9.17) is 9.72 Å². The largest absolute Gasteiger partial charge is 0.378 e. The second-order valence-electron chi connectivity index (χ2n) is 9.73. The number of aryl methyl sites for hydroxylation is 2. The zero-order chi connectivity index (χ0) is 22.8. The van der Waals surface area contributed by atoms with Crippen molar-refractivity contribution >= 4 is 16.7 Å². The highest BCUT2D eigenvalue weighted by molar-refractivity contribution is 5.89. The van der Waals surface area contributed by atoms with Crippen molar-refractivity contribution in [2.75, 3.05) is 25.1 Å². The lowest BCUT2D eigenvalue weighted by molar-refractivity contribution is 0.0534. The molecule has 0 unspecified atom stereocenters. The minimum atomic E-state index is 0.133. The van der Waals surface area contributed by atoms with Gasteiger partial charge in [0.1, 0.15) is 5.82 Å². The van der Waals surface area contributed by atoms with Crippen molar-refractivity contribution in [1.29, 1.82) is 0 Å².